The van der Waals surface area contributed by atoms with Crippen molar-refractivity contribution in [1.82, 2.24) is 14.6 Å². The van der Waals surface area contributed by atoms with Gasteiger partial charge in [-0.1, -0.05) is 17.7 Å². The molecule has 0 aliphatic carbocycles. The number of benzene rings is 1. The average Bonchev–Trinajstić information content (AvgIpc) is 3.32. The van der Waals surface area contributed by atoms with Crippen LogP contribution in [0.1, 0.15) is 21.6 Å². The van der Waals surface area contributed by atoms with Crippen molar-refractivity contribution < 1.29 is 22.4 Å². The zero-order valence-electron chi connectivity index (χ0n) is 14.8. The summed E-state index contributed by atoms with van der Waals surface area (Å²) < 4.78 is 46.4. The van der Waals surface area contributed by atoms with Crippen LogP contribution in [0.15, 0.2) is 53.3 Å². The van der Waals surface area contributed by atoms with Crippen molar-refractivity contribution in [2.45, 2.75) is 13.1 Å². The van der Waals surface area contributed by atoms with E-state index in [0.29, 0.717) is 15.2 Å². The van der Waals surface area contributed by atoms with Crippen molar-refractivity contribution >= 4 is 28.8 Å². The Morgan fingerprint density at radius 1 is 1.24 bits per heavy atom. The van der Waals surface area contributed by atoms with Crippen LogP contribution in [-0.4, -0.2) is 20.5 Å². The summed E-state index contributed by atoms with van der Waals surface area (Å²) in [5, 5.41) is 6.76. The number of rotatable bonds is 3. The largest absolute Gasteiger partial charge is 0.463 e. The highest BCUT2D eigenvalue weighted by molar-refractivity contribution is 6.31. The first-order chi connectivity index (χ1) is 13.7. The Bertz CT molecular complexity index is 1220. The minimum atomic E-state index is -4.72. The molecule has 148 valence electrons. The highest BCUT2D eigenvalue weighted by Gasteiger charge is 2.36. The average molecular weight is 421 g/mol. The fraction of sp³-hybridized carbons (Fsp3) is 0.105. The third-order valence-corrected chi connectivity index (χ3v) is 4.62. The summed E-state index contributed by atoms with van der Waals surface area (Å²) >= 11 is 6.05. The fourth-order valence-corrected chi connectivity index (χ4v) is 2.93. The van der Waals surface area contributed by atoms with Gasteiger partial charge in [-0.3, -0.25) is 4.79 Å². The fourth-order valence-electron chi connectivity index (χ4n) is 2.74. The van der Waals surface area contributed by atoms with E-state index in [4.69, 9.17) is 16.0 Å². The third-order valence-electron chi connectivity index (χ3n) is 4.21. The van der Waals surface area contributed by atoms with Crippen LogP contribution < -0.4 is 5.32 Å². The number of aromatic nitrogens is 3. The van der Waals surface area contributed by atoms with Gasteiger partial charge in [0, 0.05) is 10.7 Å². The molecule has 0 unspecified atom stereocenters. The van der Waals surface area contributed by atoms with Crippen molar-refractivity contribution in [3.63, 3.8) is 0 Å². The summed E-state index contributed by atoms with van der Waals surface area (Å²) in [6.45, 7) is 1.80. The van der Waals surface area contributed by atoms with Gasteiger partial charge >= 0.3 is 6.18 Å². The molecule has 0 radical (unpaired) electrons. The maximum atomic E-state index is 13.5. The summed E-state index contributed by atoms with van der Waals surface area (Å²) in [5.74, 6) is -0.534. The van der Waals surface area contributed by atoms with Crippen LogP contribution in [0.4, 0.5) is 18.9 Å². The number of alkyl halides is 3. The molecule has 4 rings (SSSR count). The number of anilines is 1. The summed E-state index contributed by atoms with van der Waals surface area (Å²) in [6.07, 6.45) is -2.36. The number of fused-ring (bicyclic) bond motifs is 1. The normalized spacial score (nSPS) is 11.8. The Morgan fingerprint density at radius 3 is 2.69 bits per heavy atom. The van der Waals surface area contributed by atoms with Crippen LogP contribution in [0.2, 0.25) is 5.02 Å². The van der Waals surface area contributed by atoms with Gasteiger partial charge in [-0.25, -0.2) is 9.50 Å². The van der Waals surface area contributed by atoms with Gasteiger partial charge in [-0.05, 0) is 42.8 Å². The van der Waals surface area contributed by atoms with Crippen molar-refractivity contribution in [2.75, 3.05) is 5.32 Å². The Kier molecular flexibility index (Phi) is 4.54. The van der Waals surface area contributed by atoms with Crippen LogP contribution >= 0.6 is 11.6 Å². The molecule has 0 saturated carbocycles. The van der Waals surface area contributed by atoms with Gasteiger partial charge in [0.1, 0.15) is 11.3 Å². The summed E-state index contributed by atoms with van der Waals surface area (Å²) in [5.41, 5.74) is -0.306. The van der Waals surface area contributed by atoms with E-state index in [-0.39, 0.29) is 22.7 Å². The second-order valence-electron chi connectivity index (χ2n) is 6.21. The zero-order valence-corrected chi connectivity index (χ0v) is 15.5. The standard InChI is InChI=1S/C19H12ClF3N4O2/c1-10-4-5-11(7-13(10)20)25-18(28)12-9-24-27-16(19(21,22)23)8-14(26-17(12)27)15-3-2-6-29-15/h2-9H,1H3,(H,25,28). The molecule has 0 fully saturated rings. The van der Waals surface area contributed by atoms with Gasteiger partial charge in [0.25, 0.3) is 5.91 Å². The van der Waals surface area contributed by atoms with Crippen LogP contribution in [0.5, 0.6) is 0 Å². The maximum absolute atomic E-state index is 13.5. The van der Waals surface area contributed by atoms with Gasteiger partial charge in [0.05, 0.1) is 12.5 Å². The first-order valence-corrected chi connectivity index (χ1v) is 8.69. The number of carbonyl (C=O) groups is 1. The summed E-state index contributed by atoms with van der Waals surface area (Å²) in [6, 6.07) is 8.71. The molecule has 0 aliphatic rings. The molecule has 4 aromatic rings. The van der Waals surface area contributed by atoms with E-state index in [1.54, 1.807) is 25.1 Å². The zero-order chi connectivity index (χ0) is 20.8. The molecule has 0 spiro atoms. The van der Waals surface area contributed by atoms with Gasteiger partial charge in [-0.2, -0.15) is 18.3 Å². The van der Waals surface area contributed by atoms with Crippen molar-refractivity contribution in [3.8, 4) is 11.5 Å². The van der Waals surface area contributed by atoms with E-state index in [1.807, 2.05) is 0 Å². The number of carbonyl (C=O) groups excluding carboxylic acids is 1. The lowest BCUT2D eigenvalue weighted by Crippen LogP contribution is -2.15. The second kappa shape index (κ2) is 6.93. The third kappa shape index (κ3) is 3.56. The molecule has 1 amide bonds. The number of amides is 1. The highest BCUT2D eigenvalue weighted by Crippen LogP contribution is 2.33. The van der Waals surface area contributed by atoms with E-state index in [2.05, 4.69) is 15.4 Å². The molecule has 3 aromatic heterocycles. The van der Waals surface area contributed by atoms with Gasteiger partial charge < -0.3 is 9.73 Å². The maximum Gasteiger partial charge on any atom is 0.433 e. The molecule has 6 nitrogen and oxygen atoms in total. The lowest BCUT2D eigenvalue weighted by molar-refractivity contribution is -0.142. The van der Waals surface area contributed by atoms with Gasteiger partial charge in [0.2, 0.25) is 0 Å². The minimum absolute atomic E-state index is 0.0669. The molecule has 1 aromatic carbocycles. The molecular weight excluding hydrogens is 409 g/mol. The molecule has 29 heavy (non-hydrogen) atoms. The molecular formula is C19H12ClF3N4O2. The molecule has 3 heterocycles. The second-order valence-corrected chi connectivity index (χ2v) is 6.62. The number of hydrogen-bond acceptors (Lipinski definition) is 4. The Labute approximate surface area is 166 Å². The molecule has 1 N–H and O–H groups in total. The Morgan fingerprint density at radius 2 is 2.03 bits per heavy atom. The number of nitrogens with one attached hydrogen (secondary N) is 1. The Balaban J connectivity index is 1.81. The molecule has 0 aliphatic heterocycles. The molecule has 10 heteroatoms. The van der Waals surface area contributed by atoms with Crippen LogP contribution in [0.25, 0.3) is 17.1 Å². The van der Waals surface area contributed by atoms with Crippen LogP contribution in [-0.2, 0) is 6.18 Å². The predicted molar refractivity (Wildman–Crippen MR) is 99.8 cm³/mol. The highest BCUT2D eigenvalue weighted by atomic mass is 35.5. The lowest BCUT2D eigenvalue weighted by Gasteiger charge is -2.11. The van der Waals surface area contributed by atoms with Crippen molar-refractivity contribution in [2.24, 2.45) is 0 Å². The van der Waals surface area contributed by atoms with E-state index in [9.17, 15) is 18.0 Å². The van der Waals surface area contributed by atoms with E-state index < -0.39 is 17.8 Å². The van der Waals surface area contributed by atoms with Crippen LogP contribution in [0, 0.1) is 6.92 Å². The topological polar surface area (TPSA) is 72.4 Å². The first kappa shape index (κ1) is 19.0. The van der Waals surface area contributed by atoms with Crippen molar-refractivity contribution in [1.29, 1.82) is 0 Å². The monoisotopic (exact) mass is 420 g/mol. The molecule has 0 atom stereocenters. The van der Waals surface area contributed by atoms with Gasteiger partial charge in [-0.15, -0.1) is 0 Å². The number of hydrogen-bond donors (Lipinski definition) is 1. The number of furan rings is 1. The van der Waals surface area contributed by atoms with Crippen molar-refractivity contribution in [3.05, 3.63) is 70.7 Å². The lowest BCUT2D eigenvalue weighted by atomic mass is 10.2. The van der Waals surface area contributed by atoms with E-state index in [1.165, 1.54) is 18.4 Å². The molecule has 0 bridgehead atoms. The Hall–Kier alpha value is -3.33. The van der Waals surface area contributed by atoms with E-state index >= 15 is 0 Å². The number of halogens is 4. The quantitative estimate of drug-likeness (QED) is 0.493. The first-order valence-electron chi connectivity index (χ1n) is 8.31. The predicted octanol–water partition coefficient (Wildman–Crippen LogP) is 5.22. The number of nitrogens with zero attached hydrogens (tertiary/aromatic N) is 3. The van der Waals surface area contributed by atoms with Gasteiger partial charge in [0.15, 0.2) is 17.1 Å². The van der Waals surface area contributed by atoms with Crippen LogP contribution in [0.3, 0.4) is 0 Å². The summed E-state index contributed by atoms with van der Waals surface area (Å²) in [4.78, 5) is 16.9. The number of aryl methyl sites for hydroxylation is 1. The minimum Gasteiger partial charge on any atom is -0.463 e. The summed E-state index contributed by atoms with van der Waals surface area (Å²) in [7, 11) is 0. The smallest absolute Gasteiger partial charge is 0.433 e. The van der Waals surface area contributed by atoms with E-state index in [0.717, 1.165) is 17.8 Å². The SMILES string of the molecule is Cc1ccc(NC(=O)c2cnn3c(C(F)(F)F)cc(-c4ccco4)nc23)cc1Cl. The molecule has 0 saturated heterocycles.